The number of thiocarbonyl (C=S) groups is 1. The summed E-state index contributed by atoms with van der Waals surface area (Å²) in [4.78, 5) is 0. The standard InChI is InChI=1S/C8H8OS.Na/c1-6-2-4-7(5-3-6)8(9)10;/h2-5H,1H3,(H,9,10);/q;+1/p-1. The van der Waals surface area contributed by atoms with Crippen molar-refractivity contribution in [2.75, 3.05) is 0 Å². The van der Waals surface area contributed by atoms with Crippen LogP contribution in [-0.2, 0) is 0 Å². The molecule has 1 nitrogen and oxygen atoms in total. The van der Waals surface area contributed by atoms with Crippen molar-refractivity contribution in [2.45, 2.75) is 6.92 Å². The summed E-state index contributed by atoms with van der Waals surface area (Å²) in [6.45, 7) is 1.97. The first kappa shape index (κ1) is 11.1. The van der Waals surface area contributed by atoms with E-state index in [4.69, 9.17) is 0 Å². The second kappa shape index (κ2) is 4.88. The zero-order valence-corrected chi connectivity index (χ0v) is 9.44. The Labute approximate surface area is 93.7 Å². The Kier molecular flexibility index (Phi) is 4.93. The summed E-state index contributed by atoms with van der Waals surface area (Å²) in [6.07, 6.45) is 0. The van der Waals surface area contributed by atoms with Gasteiger partial charge in [-0.15, -0.1) is 0 Å². The van der Waals surface area contributed by atoms with E-state index in [1.165, 1.54) is 0 Å². The molecule has 11 heavy (non-hydrogen) atoms. The molecule has 0 heterocycles. The molecule has 3 heteroatoms. The minimum Gasteiger partial charge on any atom is -0.864 e. The van der Waals surface area contributed by atoms with Gasteiger partial charge >= 0.3 is 29.6 Å². The molecular formula is C8H7NaOS. The normalized spacial score (nSPS) is 8.45. The summed E-state index contributed by atoms with van der Waals surface area (Å²) in [5, 5.41) is 10.3. The third-order valence-electron chi connectivity index (χ3n) is 1.29. The molecule has 1 rings (SSSR count). The van der Waals surface area contributed by atoms with Crippen molar-refractivity contribution < 1.29 is 34.7 Å². The van der Waals surface area contributed by atoms with Gasteiger partial charge < -0.3 is 5.11 Å². The quantitative estimate of drug-likeness (QED) is 0.364. The van der Waals surface area contributed by atoms with Crippen molar-refractivity contribution in [1.82, 2.24) is 0 Å². The zero-order valence-electron chi connectivity index (χ0n) is 6.63. The Bertz CT molecular complexity index is 243. The minimum absolute atomic E-state index is 0. The molecule has 0 saturated carbocycles. The topological polar surface area (TPSA) is 23.1 Å². The Morgan fingerprint density at radius 3 is 2.09 bits per heavy atom. The van der Waals surface area contributed by atoms with E-state index in [2.05, 4.69) is 12.2 Å². The van der Waals surface area contributed by atoms with Gasteiger partial charge in [0, 0.05) is 0 Å². The average molecular weight is 174 g/mol. The number of hydrogen-bond donors (Lipinski definition) is 0. The van der Waals surface area contributed by atoms with Crippen molar-refractivity contribution in [3.05, 3.63) is 35.4 Å². The third kappa shape index (κ3) is 3.34. The molecule has 0 spiro atoms. The Hall–Kier alpha value is 0.110. The Morgan fingerprint density at radius 2 is 1.73 bits per heavy atom. The molecule has 0 aromatic heterocycles. The predicted molar refractivity (Wildman–Crippen MR) is 42.9 cm³/mol. The predicted octanol–water partition coefficient (Wildman–Crippen LogP) is -1.97. The van der Waals surface area contributed by atoms with Crippen LogP contribution < -0.4 is 34.7 Å². The van der Waals surface area contributed by atoms with Gasteiger partial charge in [-0.25, -0.2) is 0 Å². The van der Waals surface area contributed by atoms with Crippen molar-refractivity contribution >= 4 is 17.3 Å². The van der Waals surface area contributed by atoms with E-state index >= 15 is 0 Å². The summed E-state index contributed by atoms with van der Waals surface area (Å²) in [5.41, 5.74) is 1.74. The van der Waals surface area contributed by atoms with Crippen LogP contribution in [0.25, 0.3) is 0 Å². The molecule has 1 aromatic carbocycles. The number of aryl methyl sites for hydroxylation is 1. The SMILES string of the molecule is Cc1ccc(C([O-])=S)cc1.[Na+]. The fraction of sp³-hybridized carbons (Fsp3) is 0.125. The maximum absolute atomic E-state index is 10.6. The van der Waals surface area contributed by atoms with Gasteiger partial charge in [0.25, 0.3) is 0 Å². The first-order valence-corrected chi connectivity index (χ1v) is 3.39. The zero-order chi connectivity index (χ0) is 7.56. The van der Waals surface area contributed by atoms with Crippen LogP contribution >= 0.6 is 12.2 Å². The fourth-order valence-electron chi connectivity index (χ4n) is 0.690. The third-order valence-corrected chi connectivity index (χ3v) is 1.52. The summed E-state index contributed by atoms with van der Waals surface area (Å²) >= 11 is 4.45. The first-order valence-electron chi connectivity index (χ1n) is 2.98. The monoisotopic (exact) mass is 174 g/mol. The molecule has 0 fully saturated rings. The molecule has 0 saturated heterocycles. The summed E-state index contributed by atoms with van der Waals surface area (Å²) in [6, 6.07) is 7.23. The summed E-state index contributed by atoms with van der Waals surface area (Å²) < 4.78 is 0. The molecule has 0 N–H and O–H groups in total. The molecule has 0 amide bonds. The van der Waals surface area contributed by atoms with Gasteiger partial charge in [-0.2, -0.15) is 0 Å². The van der Waals surface area contributed by atoms with Gasteiger partial charge in [-0.3, -0.25) is 0 Å². The van der Waals surface area contributed by atoms with E-state index in [-0.39, 0.29) is 34.6 Å². The first-order chi connectivity index (χ1) is 4.70. The van der Waals surface area contributed by atoms with Crippen molar-refractivity contribution in [3.8, 4) is 0 Å². The molecule has 1 aromatic rings. The number of hydrogen-bond acceptors (Lipinski definition) is 2. The van der Waals surface area contributed by atoms with E-state index in [1.54, 1.807) is 12.1 Å². The maximum Gasteiger partial charge on any atom is 1.00 e. The van der Waals surface area contributed by atoms with Gasteiger partial charge in [0.05, 0.1) is 0 Å². The molecule has 0 unspecified atom stereocenters. The number of rotatable bonds is 1. The largest absolute Gasteiger partial charge is 1.00 e. The van der Waals surface area contributed by atoms with Crippen LogP contribution in [0.3, 0.4) is 0 Å². The average Bonchev–Trinajstić information content (AvgIpc) is 1.88. The van der Waals surface area contributed by atoms with Crippen LogP contribution in [0, 0.1) is 6.92 Å². The van der Waals surface area contributed by atoms with Crippen LogP contribution in [0.5, 0.6) is 0 Å². The van der Waals surface area contributed by atoms with E-state index in [0.29, 0.717) is 5.56 Å². The van der Waals surface area contributed by atoms with Crippen LogP contribution in [0.4, 0.5) is 0 Å². The molecule has 0 bridgehead atoms. The molecule has 0 atom stereocenters. The van der Waals surface area contributed by atoms with Crippen LogP contribution in [0.2, 0.25) is 0 Å². The van der Waals surface area contributed by atoms with Crippen molar-refractivity contribution in [2.24, 2.45) is 0 Å². The molecule has 0 aliphatic rings. The fourth-order valence-corrected chi connectivity index (χ4v) is 0.826. The van der Waals surface area contributed by atoms with Crippen molar-refractivity contribution in [1.29, 1.82) is 0 Å². The molecule has 52 valence electrons. The van der Waals surface area contributed by atoms with Gasteiger partial charge in [0.2, 0.25) is 0 Å². The molecular weight excluding hydrogens is 167 g/mol. The van der Waals surface area contributed by atoms with Gasteiger partial charge in [0.15, 0.2) is 0 Å². The number of benzene rings is 1. The molecule has 0 radical (unpaired) electrons. The van der Waals surface area contributed by atoms with Gasteiger partial charge in [-0.05, 0) is 17.5 Å². The Morgan fingerprint density at radius 1 is 1.27 bits per heavy atom. The van der Waals surface area contributed by atoms with Crippen LogP contribution in [0.1, 0.15) is 11.1 Å². The maximum atomic E-state index is 10.6. The van der Waals surface area contributed by atoms with Gasteiger partial charge in [-0.1, -0.05) is 42.0 Å². The second-order valence-corrected chi connectivity index (χ2v) is 2.52. The van der Waals surface area contributed by atoms with Crippen molar-refractivity contribution in [3.63, 3.8) is 0 Å². The summed E-state index contributed by atoms with van der Waals surface area (Å²) in [7, 11) is 0. The van der Waals surface area contributed by atoms with E-state index in [9.17, 15) is 5.11 Å². The van der Waals surface area contributed by atoms with Crippen LogP contribution in [-0.4, -0.2) is 5.05 Å². The second-order valence-electron chi connectivity index (χ2n) is 2.15. The van der Waals surface area contributed by atoms with E-state index < -0.39 is 0 Å². The van der Waals surface area contributed by atoms with E-state index in [0.717, 1.165) is 5.56 Å². The minimum atomic E-state index is -0.292. The molecule has 0 aliphatic heterocycles. The molecule has 0 aliphatic carbocycles. The van der Waals surface area contributed by atoms with Crippen LogP contribution in [0.15, 0.2) is 24.3 Å². The van der Waals surface area contributed by atoms with Gasteiger partial charge in [0.1, 0.15) is 0 Å². The van der Waals surface area contributed by atoms with E-state index in [1.807, 2.05) is 19.1 Å². The summed E-state index contributed by atoms with van der Waals surface area (Å²) in [5.74, 6) is 0. The smallest absolute Gasteiger partial charge is 0.864 e. The Balaban J connectivity index is 0.000001000.